The number of nitrogens with one attached hydrogen (secondary N) is 2. The molecule has 0 radical (unpaired) electrons. The Labute approximate surface area is 232 Å². The predicted molar refractivity (Wildman–Crippen MR) is 159 cm³/mol. The van der Waals surface area contributed by atoms with Crippen molar-refractivity contribution in [2.75, 3.05) is 0 Å². The van der Waals surface area contributed by atoms with Crippen LogP contribution in [0.3, 0.4) is 0 Å². The molecule has 0 saturated heterocycles. The summed E-state index contributed by atoms with van der Waals surface area (Å²) in [6, 6.07) is 9.82. The summed E-state index contributed by atoms with van der Waals surface area (Å²) in [5, 5.41) is 11.9. The molecule has 0 aliphatic carbocycles. The van der Waals surface area contributed by atoms with Crippen LogP contribution < -0.4 is 5.32 Å². The molecule has 36 heavy (non-hydrogen) atoms. The first-order valence-corrected chi connectivity index (χ1v) is 12.4. The van der Waals surface area contributed by atoms with Gasteiger partial charge < -0.3 is 9.30 Å². The number of allylic oxidation sites excluding steroid dienone is 2. The number of amides is 1. The molecule has 3 rings (SSSR count). The number of nitrogens with zero attached hydrogens (tertiary/aromatic N) is 2. The number of alkyl carbamates (subject to hydrolysis) is 1. The molecule has 0 aliphatic rings. The highest BCUT2D eigenvalue weighted by atomic mass is 127. The van der Waals surface area contributed by atoms with Gasteiger partial charge >= 0.3 is 6.09 Å². The van der Waals surface area contributed by atoms with Gasteiger partial charge in [-0.25, -0.2) is 4.79 Å². The number of carbonyl (C=O) groups excluding carboxylic acids is 1. The first-order chi connectivity index (χ1) is 16.6. The molecule has 6 nitrogen and oxygen atoms in total. The summed E-state index contributed by atoms with van der Waals surface area (Å²) in [6.45, 7) is 12.6. The van der Waals surface area contributed by atoms with Gasteiger partial charge in [0.2, 0.25) is 0 Å². The molecule has 1 amide bonds. The van der Waals surface area contributed by atoms with Crippen LogP contribution in [0.4, 0.5) is 4.79 Å². The Morgan fingerprint density at radius 3 is 2.47 bits per heavy atom. The molecular formula is C29H39IN4O2. The second-order valence-electron chi connectivity index (χ2n) is 9.91. The quantitative estimate of drug-likeness (QED) is 0.119. The van der Waals surface area contributed by atoms with Crippen molar-refractivity contribution in [1.29, 1.82) is 5.41 Å². The summed E-state index contributed by atoms with van der Waals surface area (Å²) < 4.78 is 7.59. The predicted octanol–water partition coefficient (Wildman–Crippen LogP) is 7.84. The number of hydrogen-bond acceptors (Lipinski definition) is 4. The van der Waals surface area contributed by atoms with E-state index in [1.165, 1.54) is 47.0 Å². The molecule has 1 aromatic carbocycles. The number of aromatic nitrogens is 2. The van der Waals surface area contributed by atoms with Crippen molar-refractivity contribution in [3.63, 3.8) is 0 Å². The lowest BCUT2D eigenvalue weighted by Crippen LogP contribution is -2.36. The van der Waals surface area contributed by atoms with Crippen LogP contribution in [0.2, 0.25) is 0 Å². The van der Waals surface area contributed by atoms with E-state index in [-0.39, 0.29) is 29.8 Å². The number of benzene rings is 1. The van der Waals surface area contributed by atoms with Crippen molar-refractivity contribution in [2.24, 2.45) is 0 Å². The van der Waals surface area contributed by atoms with Gasteiger partial charge in [-0.3, -0.25) is 15.7 Å². The molecule has 7 heteroatoms. The molecule has 2 aromatic heterocycles. The number of unbranched alkanes of at least 4 members (excludes halogenated alkanes) is 2. The highest BCUT2D eigenvalue weighted by Gasteiger charge is 2.19. The standard InChI is InChI=1S/C29H38N4O2.HI/c1-7-9-10-11-22(8-2)26-20(3)33(25-16-17-31-18-24(25)26)19-21-12-14-23(15-13-21)27(30)32-28(34)35-29(4,5)6;/h8,12-18H,7,9-11,19H2,1-6H3,(H2,30,32,34);1H. The first-order valence-electron chi connectivity index (χ1n) is 12.4. The van der Waals surface area contributed by atoms with Gasteiger partial charge in [-0.1, -0.05) is 50.1 Å². The summed E-state index contributed by atoms with van der Waals surface area (Å²) >= 11 is 0. The van der Waals surface area contributed by atoms with E-state index in [0.29, 0.717) is 12.1 Å². The average Bonchev–Trinajstić information content (AvgIpc) is 3.07. The van der Waals surface area contributed by atoms with E-state index in [1.54, 1.807) is 20.8 Å². The number of halogens is 1. The molecule has 0 aliphatic heterocycles. The van der Waals surface area contributed by atoms with Crippen LogP contribution in [-0.2, 0) is 11.3 Å². The zero-order chi connectivity index (χ0) is 25.6. The molecule has 0 bridgehead atoms. The average molecular weight is 603 g/mol. The number of amidine groups is 1. The normalized spacial score (nSPS) is 11.8. The Morgan fingerprint density at radius 1 is 1.17 bits per heavy atom. The van der Waals surface area contributed by atoms with E-state index in [9.17, 15) is 4.79 Å². The maximum atomic E-state index is 12.0. The maximum absolute atomic E-state index is 12.0. The fourth-order valence-electron chi connectivity index (χ4n) is 4.35. The van der Waals surface area contributed by atoms with Crippen LogP contribution in [0.5, 0.6) is 0 Å². The lowest BCUT2D eigenvalue weighted by Gasteiger charge is -2.19. The molecule has 2 heterocycles. The van der Waals surface area contributed by atoms with Crippen LogP contribution >= 0.6 is 24.0 Å². The molecule has 0 spiro atoms. The van der Waals surface area contributed by atoms with Crippen LogP contribution in [-0.4, -0.2) is 27.1 Å². The minimum atomic E-state index is -0.624. The summed E-state index contributed by atoms with van der Waals surface area (Å²) in [7, 11) is 0. The maximum Gasteiger partial charge on any atom is 0.413 e. The van der Waals surface area contributed by atoms with E-state index in [4.69, 9.17) is 10.1 Å². The van der Waals surface area contributed by atoms with Gasteiger partial charge in [-0.15, -0.1) is 24.0 Å². The van der Waals surface area contributed by atoms with Gasteiger partial charge in [0.1, 0.15) is 11.4 Å². The number of hydrogen-bond donors (Lipinski definition) is 2. The Morgan fingerprint density at radius 2 is 1.86 bits per heavy atom. The van der Waals surface area contributed by atoms with Crippen molar-refractivity contribution in [1.82, 2.24) is 14.9 Å². The fraction of sp³-hybridized carbons (Fsp3) is 0.414. The molecular weight excluding hydrogens is 563 g/mol. The van der Waals surface area contributed by atoms with E-state index in [0.717, 1.165) is 12.0 Å². The number of fused-ring (bicyclic) bond motifs is 1. The molecule has 0 fully saturated rings. The van der Waals surface area contributed by atoms with E-state index in [1.807, 2.05) is 36.7 Å². The first kappa shape index (κ1) is 29.5. The van der Waals surface area contributed by atoms with Crippen LogP contribution in [0.1, 0.15) is 82.7 Å². The van der Waals surface area contributed by atoms with Gasteiger partial charge in [0, 0.05) is 41.1 Å². The Balaban J connectivity index is 0.00000456. The van der Waals surface area contributed by atoms with Crippen molar-refractivity contribution >= 4 is 52.4 Å². The highest BCUT2D eigenvalue weighted by Crippen LogP contribution is 2.34. The van der Waals surface area contributed by atoms with E-state index in [2.05, 4.69) is 47.8 Å². The Hall–Kier alpha value is -2.68. The second kappa shape index (κ2) is 13.0. The lowest BCUT2D eigenvalue weighted by atomic mass is 9.97. The van der Waals surface area contributed by atoms with Crippen molar-refractivity contribution in [2.45, 2.75) is 79.4 Å². The topological polar surface area (TPSA) is 80.0 Å². The SMILES string of the molecule is CC=C(CCCCC)c1c(C)n(Cc2ccc(C(=N)NC(=O)OC(C)(C)C)cc2)c2ccncc12.I. The van der Waals surface area contributed by atoms with E-state index < -0.39 is 11.7 Å². The van der Waals surface area contributed by atoms with Gasteiger partial charge in [0.15, 0.2) is 0 Å². The van der Waals surface area contributed by atoms with Crippen molar-refractivity contribution in [3.8, 4) is 0 Å². The highest BCUT2D eigenvalue weighted by molar-refractivity contribution is 14.0. The zero-order valence-corrected chi connectivity index (χ0v) is 24.6. The number of pyridine rings is 1. The number of carbonyl (C=O) groups is 1. The van der Waals surface area contributed by atoms with Gasteiger partial charge in [0.05, 0.1) is 5.52 Å². The minimum Gasteiger partial charge on any atom is -0.444 e. The third-order valence-corrected chi connectivity index (χ3v) is 6.05. The summed E-state index contributed by atoms with van der Waals surface area (Å²) in [4.78, 5) is 16.4. The summed E-state index contributed by atoms with van der Waals surface area (Å²) in [6.07, 6.45) is 10.1. The monoisotopic (exact) mass is 602 g/mol. The van der Waals surface area contributed by atoms with E-state index >= 15 is 0 Å². The number of ether oxygens (including phenoxy) is 1. The van der Waals surface area contributed by atoms with Gasteiger partial charge in [-0.2, -0.15) is 0 Å². The van der Waals surface area contributed by atoms with Crippen LogP contribution in [0.15, 0.2) is 48.8 Å². The molecule has 3 aromatic rings. The number of rotatable bonds is 8. The lowest BCUT2D eigenvalue weighted by molar-refractivity contribution is 0.0563. The van der Waals surface area contributed by atoms with Crippen molar-refractivity contribution < 1.29 is 9.53 Å². The molecule has 0 unspecified atom stereocenters. The third-order valence-electron chi connectivity index (χ3n) is 6.05. The van der Waals surface area contributed by atoms with Gasteiger partial charge in [0.25, 0.3) is 0 Å². The fourth-order valence-corrected chi connectivity index (χ4v) is 4.35. The van der Waals surface area contributed by atoms with Crippen LogP contribution in [0, 0.1) is 12.3 Å². The Bertz CT molecular complexity index is 1220. The minimum absolute atomic E-state index is 0. The largest absolute Gasteiger partial charge is 0.444 e. The smallest absolute Gasteiger partial charge is 0.413 e. The van der Waals surface area contributed by atoms with Crippen LogP contribution in [0.25, 0.3) is 16.5 Å². The molecule has 194 valence electrons. The Kier molecular flexibility index (Phi) is 10.7. The summed E-state index contributed by atoms with van der Waals surface area (Å²) in [5.74, 6) is 0.0200. The van der Waals surface area contributed by atoms with Crippen molar-refractivity contribution in [3.05, 3.63) is 71.2 Å². The summed E-state index contributed by atoms with van der Waals surface area (Å²) in [5.41, 5.74) is 6.23. The zero-order valence-electron chi connectivity index (χ0n) is 22.3. The molecule has 2 N–H and O–H groups in total. The molecule has 0 atom stereocenters. The second-order valence-corrected chi connectivity index (χ2v) is 9.91. The molecule has 0 saturated carbocycles. The van der Waals surface area contributed by atoms with Gasteiger partial charge in [-0.05, 0) is 64.7 Å². The third kappa shape index (κ3) is 7.41.